The third-order valence-corrected chi connectivity index (χ3v) is 3.18. The molecule has 0 fully saturated rings. The van der Waals surface area contributed by atoms with Gasteiger partial charge in [0.2, 0.25) is 10.0 Å². The Balaban J connectivity index is 2.90. The van der Waals surface area contributed by atoms with Gasteiger partial charge in [-0.2, -0.15) is 9.94 Å². The minimum atomic E-state index is -3.81. The first kappa shape index (κ1) is 14.5. The number of aromatic amines is 1. The van der Waals surface area contributed by atoms with Crippen LogP contribution in [0.25, 0.3) is 17.0 Å². The fourth-order valence-electron chi connectivity index (χ4n) is 1.80. The summed E-state index contributed by atoms with van der Waals surface area (Å²) >= 11 is 0. The third-order valence-electron chi connectivity index (χ3n) is 2.67. The largest absolute Gasteiger partial charge is 0.348 e. The first-order valence-electron chi connectivity index (χ1n) is 5.60. The Labute approximate surface area is 119 Å². The Bertz CT molecular complexity index is 1010. The zero-order valence-corrected chi connectivity index (χ0v) is 11.7. The van der Waals surface area contributed by atoms with Crippen molar-refractivity contribution in [3.8, 4) is 6.07 Å². The zero-order valence-electron chi connectivity index (χ0n) is 10.9. The SMILES string of the molecule is C=Cc1cc2[nH]c(=O)n(NS(C)(=O)=O)c(=O)c2cc1C#N. The van der Waals surface area contributed by atoms with E-state index in [2.05, 4.69) is 11.6 Å². The van der Waals surface area contributed by atoms with Crippen molar-refractivity contribution in [3.05, 3.63) is 50.7 Å². The highest BCUT2D eigenvalue weighted by atomic mass is 32.2. The fraction of sp³-hybridized carbons (Fsp3) is 0.0833. The first-order valence-corrected chi connectivity index (χ1v) is 7.49. The molecular weight excluding hydrogens is 296 g/mol. The molecule has 0 amide bonds. The molecule has 2 rings (SSSR count). The maximum Gasteiger partial charge on any atom is 0.348 e. The maximum atomic E-state index is 12.2. The lowest BCUT2D eigenvalue weighted by atomic mass is 10.1. The van der Waals surface area contributed by atoms with E-state index in [9.17, 15) is 18.0 Å². The highest BCUT2D eigenvalue weighted by molar-refractivity contribution is 7.91. The number of nitrogens with zero attached hydrogens (tertiary/aromatic N) is 2. The lowest BCUT2D eigenvalue weighted by Gasteiger charge is -2.08. The number of benzene rings is 1. The van der Waals surface area contributed by atoms with Crippen LogP contribution in [0, 0.1) is 11.3 Å². The molecule has 2 aromatic rings. The van der Waals surface area contributed by atoms with Crippen LogP contribution in [0.1, 0.15) is 11.1 Å². The summed E-state index contributed by atoms with van der Waals surface area (Å²) in [5.41, 5.74) is -0.976. The zero-order chi connectivity index (χ0) is 15.8. The average molecular weight is 306 g/mol. The molecule has 0 atom stereocenters. The lowest BCUT2D eigenvalue weighted by Crippen LogP contribution is -2.43. The first-order chi connectivity index (χ1) is 9.76. The summed E-state index contributed by atoms with van der Waals surface area (Å²) in [6.07, 6.45) is 2.22. The molecule has 0 saturated carbocycles. The van der Waals surface area contributed by atoms with Gasteiger partial charge < -0.3 is 4.98 Å². The van der Waals surface area contributed by atoms with E-state index in [0.29, 0.717) is 10.2 Å². The van der Waals surface area contributed by atoms with Crippen molar-refractivity contribution in [3.63, 3.8) is 0 Å². The minimum Gasteiger partial charge on any atom is -0.305 e. The molecule has 0 unspecified atom stereocenters. The van der Waals surface area contributed by atoms with Crippen LogP contribution in [-0.2, 0) is 10.0 Å². The van der Waals surface area contributed by atoms with Gasteiger partial charge in [-0.3, -0.25) is 4.79 Å². The highest BCUT2D eigenvalue weighted by Crippen LogP contribution is 2.15. The molecule has 2 N–H and O–H groups in total. The number of nitrogens with one attached hydrogen (secondary N) is 2. The quantitative estimate of drug-likeness (QED) is 0.806. The molecule has 0 bridgehead atoms. The number of hydrogen-bond donors (Lipinski definition) is 2. The van der Waals surface area contributed by atoms with Crippen LogP contribution < -0.4 is 16.1 Å². The average Bonchev–Trinajstić information content (AvgIpc) is 2.41. The minimum absolute atomic E-state index is 0.00731. The predicted molar refractivity (Wildman–Crippen MR) is 77.8 cm³/mol. The Morgan fingerprint density at radius 3 is 2.62 bits per heavy atom. The van der Waals surface area contributed by atoms with Crippen molar-refractivity contribution in [2.24, 2.45) is 0 Å². The number of nitriles is 1. The number of aromatic nitrogens is 2. The maximum absolute atomic E-state index is 12.2. The van der Waals surface area contributed by atoms with E-state index in [1.54, 1.807) is 4.83 Å². The second-order valence-electron chi connectivity index (χ2n) is 4.24. The molecular formula is C12H10N4O4S. The monoisotopic (exact) mass is 306 g/mol. The van der Waals surface area contributed by atoms with Crippen molar-refractivity contribution < 1.29 is 8.42 Å². The Hall–Kier alpha value is -2.86. The van der Waals surface area contributed by atoms with Gasteiger partial charge >= 0.3 is 5.69 Å². The van der Waals surface area contributed by atoms with Gasteiger partial charge in [-0.05, 0) is 17.7 Å². The van der Waals surface area contributed by atoms with Crippen molar-refractivity contribution in [1.82, 2.24) is 9.66 Å². The van der Waals surface area contributed by atoms with E-state index in [-0.39, 0.29) is 16.5 Å². The van der Waals surface area contributed by atoms with E-state index in [1.807, 2.05) is 6.07 Å². The second-order valence-corrected chi connectivity index (χ2v) is 5.96. The Morgan fingerprint density at radius 1 is 1.43 bits per heavy atom. The van der Waals surface area contributed by atoms with Crippen LogP contribution in [0.5, 0.6) is 0 Å². The summed E-state index contributed by atoms with van der Waals surface area (Å²) in [5, 5.41) is 9.03. The van der Waals surface area contributed by atoms with Gasteiger partial charge in [-0.25, -0.2) is 18.0 Å². The van der Waals surface area contributed by atoms with Crippen molar-refractivity contribution >= 4 is 27.0 Å². The summed E-state index contributed by atoms with van der Waals surface area (Å²) in [6, 6.07) is 4.59. The summed E-state index contributed by atoms with van der Waals surface area (Å²) < 4.78 is 22.7. The van der Waals surface area contributed by atoms with Gasteiger partial charge in [-0.1, -0.05) is 12.7 Å². The van der Waals surface area contributed by atoms with E-state index in [0.717, 1.165) is 6.26 Å². The fourth-order valence-corrected chi connectivity index (χ4v) is 2.29. The number of H-pyrrole nitrogens is 1. The van der Waals surface area contributed by atoms with Crippen LogP contribution in [0.3, 0.4) is 0 Å². The summed E-state index contributed by atoms with van der Waals surface area (Å²) in [7, 11) is -3.81. The van der Waals surface area contributed by atoms with E-state index < -0.39 is 21.3 Å². The molecule has 0 radical (unpaired) electrons. The number of rotatable bonds is 3. The van der Waals surface area contributed by atoms with Gasteiger partial charge in [0.05, 0.1) is 28.8 Å². The number of hydrogen-bond acceptors (Lipinski definition) is 5. The third kappa shape index (κ3) is 2.70. The molecule has 0 saturated heterocycles. The molecule has 0 aliphatic rings. The van der Waals surface area contributed by atoms with Crippen LogP contribution >= 0.6 is 0 Å². The van der Waals surface area contributed by atoms with Crippen molar-refractivity contribution in [2.45, 2.75) is 0 Å². The van der Waals surface area contributed by atoms with Crippen LogP contribution in [0.2, 0.25) is 0 Å². The molecule has 8 nitrogen and oxygen atoms in total. The van der Waals surface area contributed by atoms with Crippen molar-refractivity contribution in [2.75, 3.05) is 11.1 Å². The number of sulfonamides is 1. The van der Waals surface area contributed by atoms with Gasteiger partial charge in [0.15, 0.2) is 0 Å². The highest BCUT2D eigenvalue weighted by Gasteiger charge is 2.13. The number of fused-ring (bicyclic) bond motifs is 1. The molecule has 1 aromatic carbocycles. The topological polar surface area (TPSA) is 125 Å². The molecule has 21 heavy (non-hydrogen) atoms. The molecule has 0 aliphatic heterocycles. The van der Waals surface area contributed by atoms with E-state index >= 15 is 0 Å². The van der Waals surface area contributed by atoms with E-state index in [1.165, 1.54) is 18.2 Å². The normalized spacial score (nSPS) is 11.0. The van der Waals surface area contributed by atoms with Crippen LogP contribution in [0.15, 0.2) is 28.3 Å². The summed E-state index contributed by atoms with van der Waals surface area (Å²) in [6.45, 7) is 3.54. The van der Waals surface area contributed by atoms with Crippen molar-refractivity contribution in [1.29, 1.82) is 5.26 Å². The molecule has 1 aromatic heterocycles. The standard InChI is InChI=1S/C12H10N4O4S/c1-3-7-5-10-9(4-8(7)6-13)11(17)16(12(18)14-10)15-21(2,19)20/h3-5,15H,1H2,2H3,(H,14,18). The second kappa shape index (κ2) is 4.92. The summed E-state index contributed by atoms with van der Waals surface area (Å²) in [5.74, 6) is 0. The summed E-state index contributed by atoms with van der Waals surface area (Å²) in [4.78, 5) is 28.1. The van der Waals surface area contributed by atoms with Gasteiger partial charge in [0, 0.05) is 0 Å². The molecule has 1 heterocycles. The van der Waals surface area contributed by atoms with Gasteiger partial charge in [0.25, 0.3) is 5.56 Å². The molecule has 108 valence electrons. The molecule has 0 aliphatic carbocycles. The molecule has 9 heteroatoms. The Kier molecular flexibility index (Phi) is 3.40. The van der Waals surface area contributed by atoms with Crippen LogP contribution in [-0.4, -0.2) is 24.3 Å². The molecule has 0 spiro atoms. The van der Waals surface area contributed by atoms with E-state index in [4.69, 9.17) is 5.26 Å². The lowest BCUT2D eigenvalue weighted by molar-refractivity contribution is 0.598. The van der Waals surface area contributed by atoms with Gasteiger partial charge in [-0.15, -0.1) is 0 Å². The predicted octanol–water partition coefficient (Wildman–Crippen LogP) is -0.292. The van der Waals surface area contributed by atoms with Crippen LogP contribution in [0.4, 0.5) is 0 Å². The van der Waals surface area contributed by atoms with Gasteiger partial charge in [0.1, 0.15) is 0 Å². The Morgan fingerprint density at radius 2 is 2.10 bits per heavy atom. The smallest absolute Gasteiger partial charge is 0.305 e.